The minimum absolute atomic E-state index is 0.512. The predicted octanol–water partition coefficient (Wildman–Crippen LogP) is 1.69. The van der Waals surface area contributed by atoms with Gasteiger partial charge in [0.25, 0.3) is 0 Å². The Bertz CT molecular complexity index is 59.5. The van der Waals surface area contributed by atoms with Crippen molar-refractivity contribution in [3.8, 4) is 0 Å². The fraction of sp³-hybridized carbons (Fsp3) is 0.833. The highest BCUT2D eigenvalue weighted by Gasteiger charge is 2.13. The van der Waals surface area contributed by atoms with E-state index in [1.165, 1.54) is 12.8 Å². The summed E-state index contributed by atoms with van der Waals surface area (Å²) < 4.78 is 5.33. The Morgan fingerprint density at radius 1 is 1.75 bits per heavy atom. The van der Waals surface area contributed by atoms with E-state index in [1.807, 2.05) is 0 Å². The first-order valence-corrected chi connectivity index (χ1v) is 4.07. The van der Waals surface area contributed by atoms with E-state index in [-0.39, 0.29) is 0 Å². The van der Waals surface area contributed by atoms with Gasteiger partial charge >= 0.3 is 0 Å². The predicted molar refractivity (Wildman–Crippen MR) is 36.8 cm³/mol. The normalized spacial score (nSPS) is 28.9. The van der Waals surface area contributed by atoms with Crippen LogP contribution < -0.4 is 0 Å². The number of rotatable bonds is 2. The van der Waals surface area contributed by atoms with Crippen LogP contribution >= 0.6 is 11.8 Å². The molecule has 0 bridgehead atoms. The maximum atomic E-state index is 5.33. The van der Waals surface area contributed by atoms with Crippen molar-refractivity contribution in [3.05, 3.63) is 6.26 Å². The molecule has 1 fully saturated rings. The molecule has 0 saturated carbocycles. The highest BCUT2D eigenvalue weighted by Crippen LogP contribution is 2.15. The first kappa shape index (κ1) is 6.43. The Morgan fingerprint density at radius 2 is 2.62 bits per heavy atom. The second-order valence-corrected chi connectivity index (χ2v) is 2.75. The summed E-state index contributed by atoms with van der Waals surface area (Å²) in [6.45, 7) is 0.964. The smallest absolute Gasteiger partial charge is 0.0666 e. The third-order valence-electron chi connectivity index (χ3n) is 1.33. The Morgan fingerprint density at radius 3 is 3.12 bits per heavy atom. The van der Waals surface area contributed by atoms with Crippen LogP contribution in [0, 0.1) is 6.26 Å². The molecule has 1 radical (unpaired) electrons. The lowest BCUT2D eigenvalue weighted by Gasteiger charge is -2.04. The van der Waals surface area contributed by atoms with Gasteiger partial charge < -0.3 is 4.74 Å². The van der Waals surface area contributed by atoms with E-state index in [9.17, 15) is 0 Å². The lowest BCUT2D eigenvalue weighted by Crippen LogP contribution is -2.06. The Balaban J connectivity index is 2.06. The van der Waals surface area contributed by atoms with E-state index in [1.54, 1.807) is 11.8 Å². The second-order valence-electron chi connectivity index (χ2n) is 2.01. The van der Waals surface area contributed by atoms with Gasteiger partial charge in [-0.1, -0.05) is 0 Å². The first-order chi connectivity index (χ1) is 3.93. The van der Waals surface area contributed by atoms with Crippen LogP contribution in [0.2, 0.25) is 0 Å². The van der Waals surface area contributed by atoms with Gasteiger partial charge in [-0.25, -0.2) is 0 Å². The standard InChI is InChI=1S/C6H11OS/c1-8-5-6-3-2-4-7-6/h6H,1-5H2. The molecule has 0 aromatic heterocycles. The topological polar surface area (TPSA) is 9.23 Å². The maximum absolute atomic E-state index is 5.33. The van der Waals surface area contributed by atoms with Gasteiger partial charge in [0.15, 0.2) is 0 Å². The lowest BCUT2D eigenvalue weighted by atomic mass is 10.3. The number of thioether (sulfide) groups is 1. The Labute approximate surface area is 54.8 Å². The summed E-state index contributed by atoms with van der Waals surface area (Å²) in [4.78, 5) is 0. The van der Waals surface area contributed by atoms with E-state index in [0.717, 1.165) is 12.4 Å². The fourth-order valence-corrected chi connectivity index (χ4v) is 1.43. The molecule has 47 valence electrons. The SMILES string of the molecule is [CH2]SCC1CCCO1. The van der Waals surface area contributed by atoms with Crippen molar-refractivity contribution in [2.75, 3.05) is 12.4 Å². The van der Waals surface area contributed by atoms with Crippen LogP contribution in [0.3, 0.4) is 0 Å². The summed E-state index contributed by atoms with van der Waals surface area (Å²) in [5, 5.41) is 0. The molecule has 0 aliphatic carbocycles. The minimum atomic E-state index is 0.512. The molecule has 1 atom stereocenters. The van der Waals surface area contributed by atoms with Gasteiger partial charge in [-0.3, -0.25) is 0 Å². The van der Waals surface area contributed by atoms with Crippen molar-refractivity contribution < 1.29 is 4.74 Å². The molecule has 8 heavy (non-hydrogen) atoms. The first-order valence-electron chi connectivity index (χ1n) is 2.92. The van der Waals surface area contributed by atoms with Crippen LogP contribution in [0.4, 0.5) is 0 Å². The summed E-state index contributed by atoms with van der Waals surface area (Å²) in [7, 11) is 0. The number of hydrogen-bond donors (Lipinski definition) is 0. The molecule has 1 aliphatic heterocycles. The van der Waals surface area contributed by atoms with Gasteiger partial charge in [0.1, 0.15) is 0 Å². The molecule has 1 saturated heterocycles. The molecule has 2 heteroatoms. The molecule has 0 amide bonds. The summed E-state index contributed by atoms with van der Waals surface area (Å²) in [5.41, 5.74) is 0. The summed E-state index contributed by atoms with van der Waals surface area (Å²) in [6, 6.07) is 0. The summed E-state index contributed by atoms with van der Waals surface area (Å²) in [6.07, 6.45) is 6.68. The molecule has 0 aromatic rings. The third-order valence-corrected chi connectivity index (χ3v) is 1.94. The third kappa shape index (κ3) is 1.67. The molecule has 1 aliphatic rings. The van der Waals surface area contributed by atoms with E-state index in [0.29, 0.717) is 6.10 Å². The second kappa shape index (κ2) is 3.36. The largest absolute Gasteiger partial charge is 0.377 e. The minimum Gasteiger partial charge on any atom is -0.377 e. The van der Waals surface area contributed by atoms with Crippen LogP contribution in [0.1, 0.15) is 12.8 Å². The maximum Gasteiger partial charge on any atom is 0.0666 e. The molecule has 0 spiro atoms. The van der Waals surface area contributed by atoms with Crippen molar-refractivity contribution >= 4 is 11.8 Å². The van der Waals surface area contributed by atoms with Crippen LogP contribution in [-0.2, 0) is 4.74 Å². The van der Waals surface area contributed by atoms with Gasteiger partial charge in [-0.05, 0) is 12.8 Å². The highest BCUT2D eigenvalue weighted by molar-refractivity contribution is 8.00. The van der Waals surface area contributed by atoms with Crippen molar-refractivity contribution in [1.82, 2.24) is 0 Å². The van der Waals surface area contributed by atoms with Crippen LogP contribution in [-0.4, -0.2) is 18.5 Å². The van der Waals surface area contributed by atoms with Crippen LogP contribution in [0.25, 0.3) is 0 Å². The van der Waals surface area contributed by atoms with Crippen molar-refractivity contribution in [2.24, 2.45) is 0 Å². The lowest BCUT2D eigenvalue weighted by molar-refractivity contribution is 0.129. The molecule has 1 unspecified atom stereocenters. The molecule has 0 N–H and O–H groups in total. The van der Waals surface area contributed by atoms with Crippen molar-refractivity contribution in [2.45, 2.75) is 18.9 Å². The van der Waals surface area contributed by atoms with Gasteiger partial charge in [0.05, 0.1) is 6.10 Å². The Kier molecular flexibility index (Phi) is 2.70. The zero-order chi connectivity index (χ0) is 5.82. The van der Waals surface area contributed by atoms with Gasteiger partial charge in [-0.15, -0.1) is 0 Å². The number of hydrogen-bond acceptors (Lipinski definition) is 2. The van der Waals surface area contributed by atoms with E-state index >= 15 is 0 Å². The van der Waals surface area contributed by atoms with Crippen molar-refractivity contribution in [1.29, 1.82) is 0 Å². The molecule has 1 rings (SSSR count). The Hall–Kier alpha value is 0.310. The van der Waals surface area contributed by atoms with Crippen molar-refractivity contribution in [3.63, 3.8) is 0 Å². The van der Waals surface area contributed by atoms with Crippen LogP contribution in [0.15, 0.2) is 0 Å². The molecule has 0 aromatic carbocycles. The molecular formula is C6H11OS. The average molecular weight is 131 g/mol. The van der Waals surface area contributed by atoms with Crippen LogP contribution in [0.5, 0.6) is 0 Å². The fourth-order valence-electron chi connectivity index (χ4n) is 0.907. The van der Waals surface area contributed by atoms with Gasteiger partial charge in [0.2, 0.25) is 0 Å². The zero-order valence-corrected chi connectivity index (χ0v) is 5.75. The van der Waals surface area contributed by atoms with Gasteiger partial charge in [0, 0.05) is 18.6 Å². The van der Waals surface area contributed by atoms with Gasteiger partial charge in [-0.2, -0.15) is 11.8 Å². The quantitative estimate of drug-likeness (QED) is 0.564. The zero-order valence-electron chi connectivity index (χ0n) is 4.93. The average Bonchev–Trinajstić information content (AvgIpc) is 2.19. The van der Waals surface area contributed by atoms with E-state index in [4.69, 9.17) is 4.74 Å². The summed E-state index contributed by atoms with van der Waals surface area (Å²) >= 11 is 1.62. The van der Waals surface area contributed by atoms with E-state index < -0.39 is 0 Å². The molecule has 1 heterocycles. The monoisotopic (exact) mass is 131 g/mol. The summed E-state index contributed by atoms with van der Waals surface area (Å²) in [5.74, 6) is 1.07. The molecular weight excluding hydrogens is 120 g/mol. The number of ether oxygens (including phenoxy) is 1. The molecule has 1 nitrogen and oxygen atoms in total. The highest BCUT2D eigenvalue weighted by atomic mass is 32.2. The van der Waals surface area contributed by atoms with E-state index in [2.05, 4.69) is 6.26 Å².